The Labute approximate surface area is 207 Å². The van der Waals surface area contributed by atoms with Crippen molar-refractivity contribution in [3.63, 3.8) is 0 Å². The molecule has 5 aromatic rings. The Kier molecular flexibility index (Phi) is 6.27. The molecule has 0 atom stereocenters. The van der Waals surface area contributed by atoms with E-state index in [-0.39, 0.29) is 23.6 Å². The fraction of sp³-hybridized carbons (Fsp3) is 0.280. The molecule has 11 heteroatoms. The second-order valence-electron chi connectivity index (χ2n) is 9.76. The normalized spacial score (nSPS) is 12.1. The van der Waals surface area contributed by atoms with Crippen molar-refractivity contribution in [3.05, 3.63) is 60.2 Å². The number of halogens is 2. The summed E-state index contributed by atoms with van der Waals surface area (Å²) in [6.45, 7) is 9.16. The first kappa shape index (κ1) is 24.0. The van der Waals surface area contributed by atoms with E-state index in [0.29, 0.717) is 34.7 Å². The van der Waals surface area contributed by atoms with Gasteiger partial charge >= 0.3 is 0 Å². The van der Waals surface area contributed by atoms with E-state index in [1.807, 2.05) is 6.07 Å². The summed E-state index contributed by atoms with van der Waals surface area (Å²) < 4.78 is 44.2. The van der Waals surface area contributed by atoms with Crippen LogP contribution in [0.1, 0.15) is 5.82 Å². The lowest BCUT2D eigenvalue weighted by molar-refractivity contribution is 0.0881. The van der Waals surface area contributed by atoms with Gasteiger partial charge in [0.15, 0.2) is 11.6 Å². The minimum Gasteiger partial charge on any atom is -0.431 e. The van der Waals surface area contributed by atoms with Crippen molar-refractivity contribution in [2.75, 3.05) is 6.61 Å². The summed E-state index contributed by atoms with van der Waals surface area (Å²) in [7, 11) is -1.28. The summed E-state index contributed by atoms with van der Waals surface area (Å²) in [5, 5.41) is 6.66. The number of aromatic amines is 1. The molecular formula is C25H26F2N6O2Si. The summed E-state index contributed by atoms with van der Waals surface area (Å²) in [5.41, 5.74) is 2.31. The molecule has 0 aliphatic rings. The van der Waals surface area contributed by atoms with Crippen LogP contribution in [0.3, 0.4) is 0 Å². The molecular weight excluding hydrogens is 482 g/mol. The minimum absolute atomic E-state index is 0.0403. The fourth-order valence-electron chi connectivity index (χ4n) is 3.82. The fourth-order valence-corrected chi connectivity index (χ4v) is 4.58. The van der Waals surface area contributed by atoms with Crippen LogP contribution >= 0.6 is 0 Å². The minimum atomic E-state index is -1.28. The van der Waals surface area contributed by atoms with E-state index < -0.39 is 25.5 Å². The van der Waals surface area contributed by atoms with Crippen LogP contribution in [0.15, 0.2) is 42.7 Å². The largest absolute Gasteiger partial charge is 0.431 e. The second kappa shape index (κ2) is 9.39. The predicted molar refractivity (Wildman–Crippen MR) is 136 cm³/mol. The number of ether oxygens (including phenoxy) is 2. The number of aryl methyl sites for hydroxylation is 1. The highest BCUT2D eigenvalue weighted by atomic mass is 28.3. The van der Waals surface area contributed by atoms with Crippen LogP contribution < -0.4 is 4.74 Å². The molecule has 1 N–H and O–H groups in total. The Morgan fingerprint density at radius 1 is 1.03 bits per heavy atom. The van der Waals surface area contributed by atoms with E-state index in [2.05, 4.69) is 44.8 Å². The average Bonchev–Trinajstić information content (AvgIpc) is 3.46. The number of rotatable bonds is 8. The lowest BCUT2D eigenvalue weighted by atomic mass is 10.2. The van der Waals surface area contributed by atoms with Crippen LogP contribution in [0.5, 0.6) is 11.6 Å². The molecule has 0 unspecified atom stereocenters. The number of para-hydroxylation sites is 2. The van der Waals surface area contributed by atoms with Gasteiger partial charge in [0.05, 0.1) is 22.7 Å². The lowest BCUT2D eigenvalue weighted by Gasteiger charge is -2.16. The van der Waals surface area contributed by atoms with Crippen LogP contribution in [0.4, 0.5) is 8.78 Å². The van der Waals surface area contributed by atoms with Gasteiger partial charge in [0.1, 0.15) is 23.8 Å². The van der Waals surface area contributed by atoms with Crippen molar-refractivity contribution in [3.8, 4) is 22.9 Å². The van der Waals surface area contributed by atoms with Gasteiger partial charge in [-0.05, 0) is 25.1 Å². The van der Waals surface area contributed by atoms with Gasteiger partial charge in [-0.15, -0.1) is 0 Å². The molecule has 0 amide bonds. The zero-order valence-corrected chi connectivity index (χ0v) is 21.5. The summed E-state index contributed by atoms with van der Waals surface area (Å²) in [6, 6.07) is 9.31. The molecule has 0 saturated heterocycles. The molecule has 0 bridgehead atoms. The number of hydrogen-bond donors (Lipinski definition) is 1. The van der Waals surface area contributed by atoms with E-state index >= 15 is 8.78 Å². The average molecular weight is 509 g/mol. The molecule has 3 aromatic heterocycles. The molecule has 0 aliphatic carbocycles. The molecule has 8 nitrogen and oxygen atoms in total. The number of hydrogen-bond acceptors (Lipinski definition) is 6. The van der Waals surface area contributed by atoms with E-state index in [9.17, 15) is 0 Å². The molecule has 3 heterocycles. The van der Waals surface area contributed by atoms with Crippen molar-refractivity contribution < 1.29 is 18.3 Å². The van der Waals surface area contributed by atoms with E-state index in [1.165, 1.54) is 6.20 Å². The zero-order valence-electron chi connectivity index (χ0n) is 20.5. The quantitative estimate of drug-likeness (QED) is 0.202. The predicted octanol–water partition coefficient (Wildman–Crippen LogP) is 6.06. The van der Waals surface area contributed by atoms with Crippen LogP contribution in [0.2, 0.25) is 25.7 Å². The smallest absolute Gasteiger partial charge is 0.247 e. The molecule has 186 valence electrons. The van der Waals surface area contributed by atoms with Crippen molar-refractivity contribution >= 4 is 30.1 Å². The zero-order chi connectivity index (χ0) is 25.4. The number of benzene rings is 2. The van der Waals surface area contributed by atoms with Crippen LogP contribution in [0.25, 0.3) is 33.3 Å². The summed E-state index contributed by atoms with van der Waals surface area (Å²) in [5.74, 6) is -1.88. The Morgan fingerprint density at radius 3 is 2.47 bits per heavy atom. The van der Waals surface area contributed by atoms with Crippen molar-refractivity contribution in [2.45, 2.75) is 39.3 Å². The number of H-pyrrole nitrogens is 1. The van der Waals surface area contributed by atoms with Gasteiger partial charge in [0.25, 0.3) is 0 Å². The van der Waals surface area contributed by atoms with Crippen molar-refractivity contribution in [1.29, 1.82) is 0 Å². The third kappa shape index (κ3) is 4.71. The van der Waals surface area contributed by atoms with Crippen LogP contribution in [-0.2, 0) is 11.5 Å². The van der Waals surface area contributed by atoms with E-state index in [1.54, 1.807) is 35.9 Å². The number of aromatic nitrogens is 6. The number of nitrogens with one attached hydrogen (secondary N) is 1. The third-order valence-corrected chi connectivity index (χ3v) is 7.50. The molecule has 2 aromatic carbocycles. The van der Waals surface area contributed by atoms with Gasteiger partial charge in [-0.1, -0.05) is 31.8 Å². The maximum absolute atomic E-state index is 15.8. The monoisotopic (exact) mass is 508 g/mol. The summed E-state index contributed by atoms with van der Waals surface area (Å²) in [4.78, 5) is 13.4. The molecule has 0 spiro atoms. The first-order valence-corrected chi connectivity index (χ1v) is 15.3. The number of fused-ring (bicyclic) bond motifs is 2. The highest BCUT2D eigenvalue weighted by molar-refractivity contribution is 6.76. The molecule has 0 saturated carbocycles. The van der Waals surface area contributed by atoms with E-state index in [4.69, 9.17) is 9.47 Å². The standard InChI is InChI=1S/C25H26F2N6O2Si/c1-15-30-20-11-17(26)24(21(27)23(20)33(15)14-34-9-10-36(2,3)4)35-25-22(16-12-28-29-13-16)31-18-7-5-6-8-19(18)32-25/h5-8,11-13H,9-10,14H2,1-4H3,(H,28,29). The highest BCUT2D eigenvalue weighted by Crippen LogP contribution is 2.37. The van der Waals surface area contributed by atoms with Gasteiger partial charge < -0.3 is 14.0 Å². The van der Waals surface area contributed by atoms with Crippen LogP contribution in [0, 0.1) is 18.6 Å². The highest BCUT2D eigenvalue weighted by Gasteiger charge is 2.24. The Morgan fingerprint density at radius 2 is 1.78 bits per heavy atom. The Hall–Kier alpha value is -3.70. The molecule has 0 aliphatic heterocycles. The number of nitrogens with zero attached hydrogens (tertiary/aromatic N) is 5. The van der Waals surface area contributed by atoms with E-state index in [0.717, 1.165) is 12.1 Å². The van der Waals surface area contributed by atoms with Crippen LogP contribution in [-0.4, -0.2) is 44.4 Å². The second-order valence-corrected chi connectivity index (χ2v) is 15.4. The third-order valence-electron chi connectivity index (χ3n) is 5.80. The topological polar surface area (TPSA) is 90.7 Å². The first-order chi connectivity index (χ1) is 17.2. The maximum atomic E-state index is 15.8. The van der Waals surface area contributed by atoms with Crippen molar-refractivity contribution in [1.82, 2.24) is 29.7 Å². The lowest BCUT2D eigenvalue weighted by Crippen LogP contribution is -2.22. The van der Waals surface area contributed by atoms with Gasteiger partial charge in [0, 0.05) is 32.5 Å². The maximum Gasteiger partial charge on any atom is 0.247 e. The Balaban J connectivity index is 1.55. The van der Waals surface area contributed by atoms with Gasteiger partial charge in [-0.25, -0.2) is 23.7 Å². The first-order valence-electron chi connectivity index (χ1n) is 11.6. The SMILES string of the molecule is Cc1nc2cc(F)c(Oc3nc4ccccc4nc3-c3cn[nH]c3)c(F)c2n1COCC[Si](C)(C)C. The summed E-state index contributed by atoms with van der Waals surface area (Å²) >= 11 is 0. The van der Waals surface area contributed by atoms with Gasteiger partial charge in [-0.2, -0.15) is 5.10 Å². The van der Waals surface area contributed by atoms with Gasteiger partial charge in [-0.3, -0.25) is 5.10 Å². The molecule has 0 radical (unpaired) electrons. The van der Waals surface area contributed by atoms with Crippen molar-refractivity contribution in [2.24, 2.45) is 0 Å². The Bertz CT molecular complexity index is 1550. The number of imidazole rings is 1. The molecule has 0 fully saturated rings. The molecule has 36 heavy (non-hydrogen) atoms. The van der Waals surface area contributed by atoms with Gasteiger partial charge in [0.2, 0.25) is 11.6 Å². The summed E-state index contributed by atoms with van der Waals surface area (Å²) in [6.07, 6.45) is 3.15. The molecule has 5 rings (SSSR count).